The van der Waals surface area contributed by atoms with Gasteiger partial charge in [0.05, 0.1) is 23.3 Å². The van der Waals surface area contributed by atoms with E-state index in [4.69, 9.17) is 11.6 Å². The maximum Gasteiger partial charge on any atom is 0.331 e. The van der Waals surface area contributed by atoms with Crippen molar-refractivity contribution in [1.82, 2.24) is 15.0 Å². The van der Waals surface area contributed by atoms with Crippen molar-refractivity contribution in [2.45, 2.75) is 6.54 Å². The highest BCUT2D eigenvalue weighted by Crippen LogP contribution is 2.15. The zero-order chi connectivity index (χ0) is 21.0. The van der Waals surface area contributed by atoms with E-state index in [0.717, 1.165) is 10.8 Å². The molecule has 2 aromatic carbocycles. The first-order valence-electron chi connectivity index (χ1n) is 8.25. The second kappa shape index (κ2) is 8.53. The largest absolute Gasteiger partial charge is 0.494 e. The van der Waals surface area contributed by atoms with Gasteiger partial charge in [-0.05, 0) is 29.8 Å². The number of hydrogen-bond donors (Lipinski definition) is 3. The molecular weight excluding hydrogens is 403 g/mol. The van der Waals surface area contributed by atoms with Crippen LogP contribution in [-0.4, -0.2) is 26.8 Å². The lowest BCUT2D eigenvalue weighted by Gasteiger charge is -2.09. The van der Waals surface area contributed by atoms with E-state index < -0.39 is 28.9 Å². The number of carbonyl (C=O) groups excluding carboxylic acids is 1. The minimum Gasteiger partial charge on any atom is -0.494 e. The van der Waals surface area contributed by atoms with Crippen molar-refractivity contribution in [3.63, 3.8) is 0 Å². The number of hydrogen-bond acceptors (Lipinski definition) is 5. The Morgan fingerprint density at radius 2 is 1.90 bits per heavy atom. The fourth-order valence-electron chi connectivity index (χ4n) is 2.47. The molecule has 0 aliphatic rings. The van der Waals surface area contributed by atoms with E-state index >= 15 is 0 Å². The lowest BCUT2D eigenvalue weighted by molar-refractivity contribution is 0.0955. The van der Waals surface area contributed by atoms with E-state index in [1.807, 2.05) is 0 Å². The summed E-state index contributed by atoms with van der Waals surface area (Å²) in [5.41, 5.74) is 0.793. The summed E-state index contributed by atoms with van der Waals surface area (Å²) in [6.07, 6.45) is 0.906. The quantitative estimate of drug-likeness (QED) is 0.434. The van der Waals surface area contributed by atoms with E-state index in [2.05, 4.69) is 15.5 Å². The molecular formula is C19H14ClFN4O4. The van der Waals surface area contributed by atoms with E-state index in [1.54, 1.807) is 12.1 Å². The number of nitrogens with one attached hydrogen (secondary N) is 2. The van der Waals surface area contributed by atoms with Gasteiger partial charge in [0.25, 0.3) is 11.5 Å². The Balaban J connectivity index is 1.85. The Bertz CT molecular complexity index is 1200. The predicted octanol–water partition coefficient (Wildman–Crippen LogP) is 1.85. The molecule has 10 heteroatoms. The van der Waals surface area contributed by atoms with Crippen molar-refractivity contribution in [3.8, 4) is 5.88 Å². The first-order valence-corrected chi connectivity index (χ1v) is 8.63. The molecule has 3 aromatic rings. The third kappa shape index (κ3) is 4.58. The number of carbonyl (C=O) groups is 1. The third-order valence-electron chi connectivity index (χ3n) is 3.94. The van der Waals surface area contributed by atoms with Crippen LogP contribution in [0.4, 0.5) is 4.39 Å². The number of halogens is 2. The minimum atomic E-state index is -0.890. The Labute approximate surface area is 167 Å². The average Bonchev–Trinajstić information content (AvgIpc) is 2.69. The second-order valence-corrected chi connectivity index (χ2v) is 6.30. The van der Waals surface area contributed by atoms with Crippen LogP contribution in [0.3, 0.4) is 0 Å². The van der Waals surface area contributed by atoms with E-state index in [1.165, 1.54) is 36.4 Å². The Morgan fingerprint density at radius 1 is 1.21 bits per heavy atom. The van der Waals surface area contributed by atoms with Crippen LogP contribution in [0.1, 0.15) is 21.5 Å². The van der Waals surface area contributed by atoms with Gasteiger partial charge < -0.3 is 5.11 Å². The number of hydrazone groups is 1. The molecule has 1 heterocycles. The summed E-state index contributed by atoms with van der Waals surface area (Å²) in [6, 6.07) is 11.6. The molecule has 3 N–H and O–H groups in total. The summed E-state index contributed by atoms with van der Waals surface area (Å²) in [4.78, 5) is 38.2. The first kappa shape index (κ1) is 20.0. The molecule has 0 saturated carbocycles. The highest BCUT2D eigenvalue weighted by atomic mass is 35.5. The molecule has 8 nitrogen and oxygen atoms in total. The number of nitrogens with zero attached hydrogens (tertiary/aromatic N) is 2. The van der Waals surface area contributed by atoms with Gasteiger partial charge in [0.15, 0.2) is 0 Å². The third-order valence-corrected chi connectivity index (χ3v) is 4.27. The van der Waals surface area contributed by atoms with Gasteiger partial charge in [-0.25, -0.2) is 14.6 Å². The molecule has 0 bridgehead atoms. The monoisotopic (exact) mass is 416 g/mol. The van der Waals surface area contributed by atoms with Gasteiger partial charge in [0.1, 0.15) is 11.4 Å². The average molecular weight is 417 g/mol. The molecule has 1 amide bonds. The highest BCUT2D eigenvalue weighted by Gasteiger charge is 2.14. The van der Waals surface area contributed by atoms with Crippen LogP contribution in [-0.2, 0) is 6.54 Å². The lowest BCUT2D eigenvalue weighted by atomic mass is 10.2. The van der Waals surface area contributed by atoms with Gasteiger partial charge in [0.2, 0.25) is 5.88 Å². The maximum absolute atomic E-state index is 13.0. The molecule has 1 aromatic heterocycles. The van der Waals surface area contributed by atoms with E-state index in [-0.39, 0.29) is 22.7 Å². The number of aromatic amines is 1. The molecule has 0 spiro atoms. The molecule has 0 aliphatic carbocycles. The van der Waals surface area contributed by atoms with Crippen LogP contribution >= 0.6 is 11.6 Å². The van der Waals surface area contributed by atoms with Crippen LogP contribution in [0.25, 0.3) is 0 Å². The number of H-pyrrole nitrogens is 1. The van der Waals surface area contributed by atoms with Crippen LogP contribution in [0.2, 0.25) is 5.02 Å². The number of aromatic nitrogens is 2. The summed E-state index contributed by atoms with van der Waals surface area (Å²) in [6.45, 7) is -0.117. The second-order valence-electron chi connectivity index (χ2n) is 5.89. The van der Waals surface area contributed by atoms with Gasteiger partial charge in [-0.15, -0.1) is 0 Å². The zero-order valence-corrected chi connectivity index (χ0v) is 15.5. The molecule has 0 fully saturated rings. The highest BCUT2D eigenvalue weighted by molar-refractivity contribution is 6.33. The van der Waals surface area contributed by atoms with E-state index in [9.17, 15) is 23.9 Å². The van der Waals surface area contributed by atoms with Crippen LogP contribution in [0, 0.1) is 5.82 Å². The number of benzene rings is 2. The number of rotatable bonds is 5. The van der Waals surface area contributed by atoms with Crippen molar-refractivity contribution in [3.05, 3.63) is 96.9 Å². The summed E-state index contributed by atoms with van der Waals surface area (Å²) in [5, 5.41) is 14.2. The van der Waals surface area contributed by atoms with Crippen LogP contribution < -0.4 is 16.7 Å². The van der Waals surface area contributed by atoms with Crippen LogP contribution in [0.5, 0.6) is 5.88 Å². The van der Waals surface area contributed by atoms with E-state index in [0.29, 0.717) is 5.56 Å². The maximum atomic E-state index is 13.0. The molecule has 29 heavy (non-hydrogen) atoms. The van der Waals surface area contributed by atoms with Gasteiger partial charge in [-0.1, -0.05) is 35.9 Å². The fraction of sp³-hybridized carbons (Fsp3) is 0.0526. The first-order chi connectivity index (χ1) is 13.9. The zero-order valence-electron chi connectivity index (χ0n) is 14.7. The topological polar surface area (TPSA) is 117 Å². The molecule has 3 rings (SSSR count). The Hall–Kier alpha value is -3.72. The summed E-state index contributed by atoms with van der Waals surface area (Å²) >= 11 is 5.92. The summed E-state index contributed by atoms with van der Waals surface area (Å²) in [5.74, 6) is -1.73. The van der Waals surface area contributed by atoms with Crippen molar-refractivity contribution < 1.29 is 14.3 Å². The predicted molar refractivity (Wildman–Crippen MR) is 105 cm³/mol. The SMILES string of the molecule is O=C(N/N=C\c1c(O)n(Cc2ccc(F)cc2)c(=O)[nH]c1=O)c1ccccc1Cl. The van der Waals surface area contributed by atoms with Gasteiger partial charge in [-0.2, -0.15) is 5.10 Å². The molecule has 0 saturated heterocycles. The van der Waals surface area contributed by atoms with Crippen molar-refractivity contribution in [1.29, 1.82) is 0 Å². The summed E-state index contributed by atoms with van der Waals surface area (Å²) < 4.78 is 13.9. The lowest BCUT2D eigenvalue weighted by Crippen LogP contribution is -2.32. The molecule has 0 unspecified atom stereocenters. The molecule has 148 valence electrons. The van der Waals surface area contributed by atoms with Crippen molar-refractivity contribution in [2.75, 3.05) is 0 Å². The van der Waals surface area contributed by atoms with Gasteiger partial charge in [-0.3, -0.25) is 19.1 Å². The normalized spacial score (nSPS) is 11.0. The molecule has 0 aliphatic heterocycles. The van der Waals surface area contributed by atoms with Crippen molar-refractivity contribution >= 4 is 23.7 Å². The minimum absolute atomic E-state index is 0.117. The van der Waals surface area contributed by atoms with Gasteiger partial charge >= 0.3 is 5.69 Å². The molecule has 0 radical (unpaired) electrons. The number of aromatic hydroxyl groups is 1. The van der Waals surface area contributed by atoms with Gasteiger partial charge in [0, 0.05) is 0 Å². The molecule has 0 atom stereocenters. The fourth-order valence-corrected chi connectivity index (χ4v) is 2.69. The summed E-state index contributed by atoms with van der Waals surface area (Å²) in [7, 11) is 0. The van der Waals surface area contributed by atoms with Crippen molar-refractivity contribution in [2.24, 2.45) is 5.10 Å². The Morgan fingerprint density at radius 3 is 2.59 bits per heavy atom. The van der Waals surface area contributed by atoms with Crippen LogP contribution in [0.15, 0.2) is 63.2 Å². The smallest absolute Gasteiger partial charge is 0.331 e. The number of amides is 1. The standard InChI is InChI=1S/C19H14ClFN4O4/c20-15-4-2-1-3-13(15)17(27)24-22-9-14-16(26)23-19(29)25(18(14)28)10-11-5-7-12(21)8-6-11/h1-9,28H,10H2,(H,24,27)(H,23,26,29)/b22-9-. The Kier molecular flexibility index (Phi) is 5.89.